The number of ether oxygens (including phenoxy) is 1. The summed E-state index contributed by atoms with van der Waals surface area (Å²) in [6, 6.07) is 4.19. The number of likely N-dealkylation sites (tertiary alicyclic amines) is 1. The fraction of sp³-hybridized carbons (Fsp3) is 0.652. The molecule has 2 fully saturated rings. The van der Waals surface area contributed by atoms with Gasteiger partial charge in [-0.05, 0) is 37.4 Å². The van der Waals surface area contributed by atoms with Gasteiger partial charge < -0.3 is 25.0 Å². The van der Waals surface area contributed by atoms with Crippen molar-refractivity contribution in [3.05, 3.63) is 30.1 Å². The molecule has 0 unspecified atom stereocenters. The van der Waals surface area contributed by atoms with E-state index in [9.17, 15) is 39.5 Å². The minimum absolute atomic E-state index is 0.102. The van der Waals surface area contributed by atoms with Crippen LogP contribution in [0.25, 0.3) is 0 Å². The van der Waals surface area contributed by atoms with Crippen molar-refractivity contribution >= 4 is 17.9 Å². The van der Waals surface area contributed by atoms with Crippen LogP contribution in [0.1, 0.15) is 31.7 Å². The Balaban J connectivity index is 0.000000660. The van der Waals surface area contributed by atoms with Gasteiger partial charge in [0, 0.05) is 45.1 Å². The van der Waals surface area contributed by atoms with Gasteiger partial charge in [0.2, 0.25) is 0 Å². The molecule has 0 radical (unpaired) electrons. The van der Waals surface area contributed by atoms with E-state index in [1.165, 1.54) is 44.5 Å². The maximum Gasteiger partial charge on any atom is 0.490 e. The first-order valence-electron chi connectivity index (χ1n) is 12.0. The largest absolute Gasteiger partial charge is 0.490 e. The number of morpholine rings is 1. The molecule has 2 saturated heterocycles. The van der Waals surface area contributed by atoms with Crippen LogP contribution in [0.15, 0.2) is 24.5 Å². The first-order chi connectivity index (χ1) is 19.1. The maximum absolute atomic E-state index is 10.6. The smallest absolute Gasteiger partial charge is 0.475 e. The highest BCUT2D eigenvalue weighted by Crippen LogP contribution is 2.30. The number of aromatic nitrogens is 1. The molecule has 3 N–H and O–H groups in total. The number of hydrogen-bond acceptors (Lipinski definition) is 7. The van der Waals surface area contributed by atoms with Crippen LogP contribution in [0.4, 0.5) is 39.5 Å². The highest BCUT2D eigenvalue weighted by molar-refractivity contribution is 5.73. The van der Waals surface area contributed by atoms with Crippen LogP contribution in [0, 0.1) is 0 Å². The summed E-state index contributed by atoms with van der Waals surface area (Å²) in [5, 5.41) is 21.4. The molecule has 42 heavy (non-hydrogen) atoms. The molecule has 3 rings (SSSR count). The summed E-state index contributed by atoms with van der Waals surface area (Å²) in [7, 11) is 0. The van der Waals surface area contributed by atoms with Crippen molar-refractivity contribution in [1.29, 1.82) is 0 Å². The standard InChI is InChI=1S/C17H27N3O.3C2HF3O2/c1-2-8-19-9-5-17(6-10-19)15-20(11-12-21-17)14-16-4-3-7-18-13-16;3*3-2(4,5)1(6)7/h3-4,7,13H,2,5-6,8-12,14-15H2,1H3;3*(H,6,7). The number of rotatable bonds is 4. The van der Waals surface area contributed by atoms with E-state index in [2.05, 4.69) is 27.8 Å². The van der Waals surface area contributed by atoms with Crippen LogP contribution in [0.5, 0.6) is 0 Å². The van der Waals surface area contributed by atoms with Gasteiger partial charge in [-0.2, -0.15) is 39.5 Å². The zero-order valence-electron chi connectivity index (χ0n) is 22.1. The summed E-state index contributed by atoms with van der Waals surface area (Å²) in [5.74, 6) is -8.27. The molecule has 0 amide bonds. The van der Waals surface area contributed by atoms with Gasteiger partial charge in [-0.15, -0.1) is 0 Å². The third-order valence-corrected chi connectivity index (χ3v) is 5.49. The second kappa shape index (κ2) is 17.1. The van der Waals surface area contributed by atoms with Gasteiger partial charge in [-0.25, -0.2) is 14.4 Å². The number of carboxylic acids is 3. The second-order valence-corrected chi connectivity index (χ2v) is 8.85. The first-order valence-corrected chi connectivity index (χ1v) is 12.0. The lowest BCUT2D eigenvalue weighted by Gasteiger charge is -2.47. The molecule has 3 heterocycles. The molecule has 1 spiro atoms. The summed E-state index contributed by atoms with van der Waals surface area (Å²) in [4.78, 5) is 36.0. The molecule has 0 aliphatic carbocycles. The third-order valence-electron chi connectivity index (χ3n) is 5.49. The topological polar surface area (TPSA) is 140 Å². The molecular weight excluding hydrogens is 601 g/mol. The first kappa shape index (κ1) is 38.8. The predicted octanol–water partition coefficient (Wildman–Crippen LogP) is 4.06. The molecular formula is C23H30F9N3O7. The van der Waals surface area contributed by atoms with Crippen LogP contribution < -0.4 is 0 Å². The molecule has 19 heteroatoms. The van der Waals surface area contributed by atoms with Crippen molar-refractivity contribution in [2.24, 2.45) is 0 Å². The number of carbonyl (C=O) groups is 3. The molecule has 0 saturated carbocycles. The van der Waals surface area contributed by atoms with Crippen molar-refractivity contribution in [2.45, 2.75) is 56.9 Å². The maximum atomic E-state index is 10.6. The van der Waals surface area contributed by atoms with Crippen LogP contribution in [-0.4, -0.2) is 111 Å². The predicted molar refractivity (Wildman–Crippen MR) is 125 cm³/mol. The Hall–Kier alpha value is -3.19. The van der Waals surface area contributed by atoms with Crippen molar-refractivity contribution in [3.63, 3.8) is 0 Å². The molecule has 0 atom stereocenters. The molecule has 10 nitrogen and oxygen atoms in total. The number of hydrogen-bond donors (Lipinski definition) is 3. The van der Waals surface area contributed by atoms with Crippen molar-refractivity contribution in [2.75, 3.05) is 39.3 Å². The number of pyridine rings is 1. The molecule has 0 bridgehead atoms. The lowest BCUT2D eigenvalue weighted by atomic mass is 9.89. The number of piperidine rings is 1. The Morgan fingerprint density at radius 2 is 1.31 bits per heavy atom. The zero-order chi connectivity index (χ0) is 32.8. The minimum atomic E-state index is -5.08. The van der Waals surface area contributed by atoms with Crippen LogP contribution in [-0.2, 0) is 25.7 Å². The van der Waals surface area contributed by atoms with E-state index in [0.29, 0.717) is 0 Å². The summed E-state index contributed by atoms with van der Waals surface area (Å²) in [5.41, 5.74) is 1.41. The zero-order valence-corrected chi connectivity index (χ0v) is 22.1. The highest BCUT2D eigenvalue weighted by atomic mass is 19.4. The molecule has 2 aliphatic heterocycles. The minimum Gasteiger partial charge on any atom is -0.475 e. The lowest BCUT2D eigenvalue weighted by molar-refractivity contribution is -0.193. The third kappa shape index (κ3) is 16.3. The molecule has 242 valence electrons. The van der Waals surface area contributed by atoms with Gasteiger partial charge in [-0.3, -0.25) is 9.88 Å². The average molecular weight is 631 g/mol. The molecule has 2 aliphatic rings. The van der Waals surface area contributed by atoms with Gasteiger partial charge in [0.15, 0.2) is 0 Å². The Labute approximate surface area is 233 Å². The van der Waals surface area contributed by atoms with Crippen LogP contribution in [0.3, 0.4) is 0 Å². The normalized spacial score (nSPS) is 17.4. The van der Waals surface area contributed by atoms with Crippen molar-refractivity contribution < 1.29 is 74.0 Å². The summed E-state index contributed by atoms with van der Waals surface area (Å²) in [6.45, 7) is 9.85. The van der Waals surface area contributed by atoms with E-state index in [-0.39, 0.29) is 5.60 Å². The Morgan fingerprint density at radius 3 is 1.67 bits per heavy atom. The fourth-order valence-electron chi connectivity index (χ4n) is 3.61. The monoisotopic (exact) mass is 631 g/mol. The summed E-state index contributed by atoms with van der Waals surface area (Å²) in [6.07, 6.45) is -7.83. The molecule has 1 aromatic heterocycles. The quantitative estimate of drug-likeness (QED) is 0.417. The second-order valence-electron chi connectivity index (χ2n) is 8.85. The average Bonchev–Trinajstić information content (AvgIpc) is 2.86. The number of halogens is 9. The van der Waals surface area contributed by atoms with E-state index in [0.717, 1.165) is 26.2 Å². The SMILES string of the molecule is CCCN1CCC2(CC1)CN(Cc1cccnc1)CCO2.O=C(O)C(F)(F)F.O=C(O)C(F)(F)F.O=C(O)C(F)(F)F. The van der Waals surface area contributed by atoms with Crippen LogP contribution >= 0.6 is 0 Å². The molecule has 0 aromatic carbocycles. The van der Waals surface area contributed by atoms with Gasteiger partial charge in [0.25, 0.3) is 0 Å². The fourth-order valence-corrected chi connectivity index (χ4v) is 3.61. The van der Waals surface area contributed by atoms with E-state index in [4.69, 9.17) is 34.4 Å². The van der Waals surface area contributed by atoms with E-state index >= 15 is 0 Å². The summed E-state index contributed by atoms with van der Waals surface area (Å²) < 4.78 is 101. The van der Waals surface area contributed by atoms with Crippen molar-refractivity contribution in [1.82, 2.24) is 14.8 Å². The Morgan fingerprint density at radius 1 is 0.857 bits per heavy atom. The van der Waals surface area contributed by atoms with Gasteiger partial charge in [0.05, 0.1) is 12.2 Å². The Bertz CT molecular complexity index is 910. The van der Waals surface area contributed by atoms with Crippen LogP contribution in [0.2, 0.25) is 0 Å². The van der Waals surface area contributed by atoms with Gasteiger partial charge in [-0.1, -0.05) is 13.0 Å². The number of aliphatic carboxylic acids is 3. The number of alkyl halides is 9. The highest BCUT2D eigenvalue weighted by Gasteiger charge is 2.40. The van der Waals surface area contributed by atoms with Gasteiger partial charge >= 0.3 is 36.4 Å². The van der Waals surface area contributed by atoms with E-state index in [1.807, 2.05) is 18.5 Å². The summed E-state index contributed by atoms with van der Waals surface area (Å²) >= 11 is 0. The molecule has 1 aromatic rings. The van der Waals surface area contributed by atoms with Gasteiger partial charge in [0.1, 0.15) is 0 Å². The van der Waals surface area contributed by atoms with Crippen molar-refractivity contribution in [3.8, 4) is 0 Å². The van der Waals surface area contributed by atoms with E-state index < -0.39 is 36.4 Å². The number of carboxylic acid groups (broad SMARTS) is 3. The van der Waals surface area contributed by atoms with E-state index in [1.54, 1.807) is 0 Å². The Kier molecular flexibility index (Phi) is 15.8. The lowest BCUT2D eigenvalue weighted by Crippen LogP contribution is -2.56. The number of nitrogens with zero attached hydrogens (tertiary/aromatic N) is 3.